The minimum Gasteiger partial charge on any atom is -0.493 e. The van der Waals surface area contributed by atoms with Crippen molar-refractivity contribution in [3.05, 3.63) is 65.2 Å². The summed E-state index contributed by atoms with van der Waals surface area (Å²) in [5.74, 6) is 0.920. The van der Waals surface area contributed by atoms with E-state index in [4.69, 9.17) is 10.5 Å². The summed E-state index contributed by atoms with van der Waals surface area (Å²) in [7, 11) is 1.81. The normalized spacial score (nSPS) is 9.96. The Kier molecular flexibility index (Phi) is 8.30. The smallest absolute Gasteiger partial charge is 0.253 e. The molecule has 0 spiro atoms. The van der Waals surface area contributed by atoms with Gasteiger partial charge in [0.2, 0.25) is 0 Å². The van der Waals surface area contributed by atoms with Crippen LogP contribution in [0.1, 0.15) is 27.9 Å². The number of ether oxygens (including phenoxy) is 1. The average Bonchev–Trinajstić information content (AvgIpc) is 2.59. The summed E-state index contributed by atoms with van der Waals surface area (Å²) in [6.45, 7) is 3.76. The maximum Gasteiger partial charge on any atom is 0.253 e. The first-order valence-corrected chi connectivity index (χ1v) is 7.84. The van der Waals surface area contributed by atoms with Gasteiger partial charge in [0, 0.05) is 25.7 Å². The zero-order chi connectivity index (χ0) is 16.7. The third-order valence-corrected chi connectivity index (χ3v) is 3.77. The molecule has 0 aliphatic heterocycles. The molecule has 0 fully saturated rings. The highest BCUT2D eigenvalue weighted by Crippen LogP contribution is 2.16. The maximum absolute atomic E-state index is 12.3. The molecule has 0 atom stereocenters. The third-order valence-electron chi connectivity index (χ3n) is 3.77. The van der Waals surface area contributed by atoms with Crippen molar-refractivity contribution in [1.29, 1.82) is 0 Å². The number of halogens is 1. The number of rotatable bonds is 7. The molecule has 0 aliphatic carbocycles. The number of carbonyl (C=O) groups excluding carboxylic acids is 1. The Morgan fingerprint density at radius 3 is 2.42 bits per heavy atom. The first-order valence-electron chi connectivity index (χ1n) is 7.84. The van der Waals surface area contributed by atoms with E-state index in [9.17, 15) is 4.79 Å². The number of hydrogen-bond acceptors (Lipinski definition) is 3. The fourth-order valence-corrected chi connectivity index (χ4v) is 2.31. The molecular formula is C19H25ClN2O2. The molecule has 2 aromatic carbocycles. The van der Waals surface area contributed by atoms with Gasteiger partial charge in [0.05, 0.1) is 6.61 Å². The lowest BCUT2D eigenvalue weighted by molar-refractivity contribution is 0.0788. The Hall–Kier alpha value is -2.04. The molecule has 2 aromatic rings. The summed E-state index contributed by atoms with van der Waals surface area (Å²) in [6, 6.07) is 15.4. The molecule has 5 heteroatoms. The summed E-state index contributed by atoms with van der Waals surface area (Å²) in [4.78, 5) is 14.0. The first-order chi connectivity index (χ1) is 11.1. The molecular weight excluding hydrogens is 324 g/mol. The highest BCUT2D eigenvalue weighted by Gasteiger charge is 2.11. The van der Waals surface area contributed by atoms with Crippen molar-refractivity contribution in [2.75, 3.05) is 20.2 Å². The van der Waals surface area contributed by atoms with Crippen LogP contribution in [0.25, 0.3) is 0 Å². The van der Waals surface area contributed by atoms with E-state index in [0.717, 1.165) is 23.3 Å². The number of carbonyl (C=O) groups is 1. The van der Waals surface area contributed by atoms with Crippen LogP contribution in [0.15, 0.2) is 48.5 Å². The Morgan fingerprint density at radius 2 is 1.79 bits per heavy atom. The van der Waals surface area contributed by atoms with E-state index in [1.54, 1.807) is 4.90 Å². The molecule has 0 radical (unpaired) electrons. The number of amides is 1. The van der Waals surface area contributed by atoms with Gasteiger partial charge < -0.3 is 15.4 Å². The molecule has 0 aliphatic rings. The van der Waals surface area contributed by atoms with Crippen molar-refractivity contribution in [1.82, 2.24) is 4.90 Å². The van der Waals surface area contributed by atoms with Crippen molar-refractivity contribution < 1.29 is 9.53 Å². The van der Waals surface area contributed by atoms with Crippen molar-refractivity contribution in [2.45, 2.75) is 19.9 Å². The average molecular weight is 349 g/mol. The van der Waals surface area contributed by atoms with E-state index >= 15 is 0 Å². The van der Waals surface area contributed by atoms with Crippen LogP contribution in [0.5, 0.6) is 5.75 Å². The van der Waals surface area contributed by atoms with Crippen LogP contribution in [-0.4, -0.2) is 31.0 Å². The standard InChI is InChI=1S/C19H24N2O2.ClH/c1-15-6-3-4-7-18(15)23-13-5-12-21(2)19(22)17-10-8-16(14-20)9-11-17;/h3-4,6-11H,5,12-14,20H2,1-2H3;1H. The van der Waals surface area contributed by atoms with Crippen LogP contribution in [-0.2, 0) is 6.54 Å². The first kappa shape index (κ1) is 20.0. The lowest BCUT2D eigenvalue weighted by atomic mass is 10.1. The summed E-state index contributed by atoms with van der Waals surface area (Å²) < 4.78 is 5.75. The molecule has 0 aromatic heterocycles. The Balaban J connectivity index is 0.00000288. The highest BCUT2D eigenvalue weighted by molar-refractivity contribution is 5.94. The molecule has 0 saturated heterocycles. The molecule has 2 N–H and O–H groups in total. The molecule has 0 unspecified atom stereocenters. The predicted molar refractivity (Wildman–Crippen MR) is 99.8 cm³/mol. The summed E-state index contributed by atoms with van der Waals surface area (Å²) in [5, 5.41) is 0. The van der Waals surface area contributed by atoms with Gasteiger partial charge in [0.25, 0.3) is 5.91 Å². The zero-order valence-electron chi connectivity index (χ0n) is 14.2. The fourth-order valence-electron chi connectivity index (χ4n) is 2.31. The Bertz CT molecular complexity index is 644. The minimum atomic E-state index is 0. The number of benzene rings is 2. The molecule has 0 heterocycles. The third kappa shape index (κ3) is 5.55. The molecule has 130 valence electrons. The van der Waals surface area contributed by atoms with Crippen molar-refractivity contribution in [3.8, 4) is 5.75 Å². The lowest BCUT2D eigenvalue weighted by Crippen LogP contribution is -2.28. The van der Waals surface area contributed by atoms with Gasteiger partial charge in [-0.05, 0) is 42.7 Å². The van der Waals surface area contributed by atoms with Gasteiger partial charge in [-0.2, -0.15) is 0 Å². The van der Waals surface area contributed by atoms with Crippen LogP contribution in [0.2, 0.25) is 0 Å². The number of para-hydroxylation sites is 1. The quantitative estimate of drug-likeness (QED) is 0.780. The summed E-state index contributed by atoms with van der Waals surface area (Å²) in [5.41, 5.74) is 8.40. The van der Waals surface area contributed by atoms with Crippen molar-refractivity contribution >= 4 is 18.3 Å². The lowest BCUT2D eigenvalue weighted by Gasteiger charge is -2.18. The van der Waals surface area contributed by atoms with Crippen molar-refractivity contribution in [3.63, 3.8) is 0 Å². The second kappa shape index (κ2) is 9.96. The van der Waals surface area contributed by atoms with Gasteiger partial charge in [-0.1, -0.05) is 30.3 Å². The number of hydrogen-bond donors (Lipinski definition) is 1. The van der Waals surface area contributed by atoms with Gasteiger partial charge in [0.1, 0.15) is 5.75 Å². The van der Waals surface area contributed by atoms with Crippen LogP contribution in [0, 0.1) is 6.92 Å². The van der Waals surface area contributed by atoms with Crippen molar-refractivity contribution in [2.24, 2.45) is 5.73 Å². The van der Waals surface area contributed by atoms with Crippen LogP contribution >= 0.6 is 12.4 Å². The zero-order valence-corrected chi connectivity index (χ0v) is 15.0. The van der Waals surface area contributed by atoms with Crippen LogP contribution < -0.4 is 10.5 Å². The molecule has 0 saturated carbocycles. The Morgan fingerprint density at radius 1 is 1.12 bits per heavy atom. The number of nitrogens with zero attached hydrogens (tertiary/aromatic N) is 1. The maximum atomic E-state index is 12.3. The molecule has 24 heavy (non-hydrogen) atoms. The largest absolute Gasteiger partial charge is 0.493 e. The van der Waals surface area contributed by atoms with E-state index in [0.29, 0.717) is 25.3 Å². The van der Waals surface area contributed by atoms with E-state index in [-0.39, 0.29) is 18.3 Å². The summed E-state index contributed by atoms with van der Waals surface area (Å²) >= 11 is 0. The number of aryl methyl sites for hydroxylation is 1. The molecule has 1 amide bonds. The van der Waals surface area contributed by atoms with Gasteiger partial charge >= 0.3 is 0 Å². The van der Waals surface area contributed by atoms with Crippen LogP contribution in [0.4, 0.5) is 0 Å². The van der Waals surface area contributed by atoms with Crippen LogP contribution in [0.3, 0.4) is 0 Å². The topological polar surface area (TPSA) is 55.6 Å². The second-order valence-corrected chi connectivity index (χ2v) is 5.60. The second-order valence-electron chi connectivity index (χ2n) is 5.60. The fraction of sp³-hybridized carbons (Fsp3) is 0.316. The molecule has 0 bridgehead atoms. The highest BCUT2D eigenvalue weighted by atomic mass is 35.5. The van der Waals surface area contributed by atoms with Gasteiger partial charge in [-0.25, -0.2) is 0 Å². The van der Waals surface area contributed by atoms with E-state index in [1.165, 1.54) is 0 Å². The SMILES string of the molecule is Cc1ccccc1OCCCN(C)C(=O)c1ccc(CN)cc1.Cl. The molecule has 4 nitrogen and oxygen atoms in total. The Labute approximate surface area is 150 Å². The number of nitrogens with two attached hydrogens (primary N) is 1. The van der Waals surface area contributed by atoms with Gasteiger partial charge in [0.15, 0.2) is 0 Å². The monoisotopic (exact) mass is 348 g/mol. The predicted octanol–water partition coefficient (Wildman–Crippen LogP) is 3.42. The van der Waals surface area contributed by atoms with Gasteiger partial charge in [-0.15, -0.1) is 12.4 Å². The van der Waals surface area contributed by atoms with E-state index in [1.807, 2.05) is 62.5 Å². The van der Waals surface area contributed by atoms with E-state index < -0.39 is 0 Å². The minimum absolute atomic E-state index is 0. The van der Waals surface area contributed by atoms with Gasteiger partial charge in [-0.3, -0.25) is 4.79 Å². The molecule has 2 rings (SSSR count). The summed E-state index contributed by atoms with van der Waals surface area (Å²) in [6.07, 6.45) is 0.789. The van der Waals surface area contributed by atoms with E-state index in [2.05, 4.69) is 0 Å².